The molecule has 0 aromatic carbocycles. The Hall–Kier alpha value is -1.67. The Kier molecular flexibility index (Phi) is 6.31. The fourth-order valence-corrected chi connectivity index (χ4v) is 2.15. The lowest BCUT2D eigenvalue weighted by atomic mass is 9.81. The molecule has 0 saturated carbocycles. The minimum absolute atomic E-state index is 0.0282. The number of hydrogen-bond donors (Lipinski definition) is 2. The molecule has 1 saturated heterocycles. The third-order valence-electron chi connectivity index (χ3n) is 3.63. The van der Waals surface area contributed by atoms with E-state index in [9.17, 15) is 19.5 Å². The largest absolute Gasteiger partial charge is 0.479 e. The molecule has 0 spiro atoms. The first-order valence-electron chi connectivity index (χ1n) is 7.16. The van der Waals surface area contributed by atoms with E-state index in [1.54, 1.807) is 13.8 Å². The van der Waals surface area contributed by atoms with Crippen LogP contribution in [0.4, 0.5) is 0 Å². The number of rotatable bonds is 6. The summed E-state index contributed by atoms with van der Waals surface area (Å²) < 4.78 is 15.6. The third kappa shape index (κ3) is 4.17. The Labute approximate surface area is 128 Å². The molecule has 8 nitrogen and oxygen atoms in total. The molecule has 0 bridgehead atoms. The van der Waals surface area contributed by atoms with Gasteiger partial charge in [-0.2, -0.15) is 0 Å². The van der Waals surface area contributed by atoms with Crippen LogP contribution in [0.1, 0.15) is 33.6 Å². The number of carboxylic acid groups (broad SMARTS) is 1. The van der Waals surface area contributed by atoms with Crippen molar-refractivity contribution in [2.24, 2.45) is 5.92 Å². The molecule has 1 aliphatic heterocycles. The van der Waals surface area contributed by atoms with Crippen LogP contribution in [-0.4, -0.2) is 59.1 Å². The van der Waals surface area contributed by atoms with Gasteiger partial charge < -0.3 is 24.4 Å². The Morgan fingerprint density at radius 1 is 1.14 bits per heavy atom. The molecule has 1 rings (SSSR count). The summed E-state index contributed by atoms with van der Waals surface area (Å²) in [5, 5.41) is 19.3. The summed E-state index contributed by atoms with van der Waals surface area (Å²) in [6, 6.07) is 0. The molecular weight excluding hydrogens is 296 g/mol. The third-order valence-corrected chi connectivity index (χ3v) is 3.63. The molecule has 126 valence electrons. The first kappa shape index (κ1) is 18.4. The summed E-state index contributed by atoms with van der Waals surface area (Å²) in [4.78, 5) is 34.3. The maximum atomic E-state index is 11.6. The van der Waals surface area contributed by atoms with Crippen molar-refractivity contribution >= 4 is 17.9 Å². The molecule has 2 N–H and O–H groups in total. The maximum Gasteiger partial charge on any atom is 0.335 e. The zero-order valence-corrected chi connectivity index (χ0v) is 12.9. The second-order valence-corrected chi connectivity index (χ2v) is 5.29. The highest BCUT2D eigenvalue weighted by Gasteiger charge is 2.51. The summed E-state index contributed by atoms with van der Waals surface area (Å²) in [5.74, 6) is -3.62. The molecule has 1 fully saturated rings. The molecule has 0 aromatic heterocycles. The van der Waals surface area contributed by atoms with E-state index >= 15 is 0 Å². The molecule has 0 radical (unpaired) electrons. The molecule has 8 heteroatoms. The molecule has 4 atom stereocenters. The van der Waals surface area contributed by atoms with Gasteiger partial charge in [-0.1, -0.05) is 13.8 Å². The summed E-state index contributed by atoms with van der Waals surface area (Å²) in [5.41, 5.74) is -2.18. The number of esters is 2. The first-order chi connectivity index (χ1) is 10.2. The van der Waals surface area contributed by atoms with E-state index in [1.165, 1.54) is 0 Å². The van der Waals surface area contributed by atoms with Crippen molar-refractivity contribution in [3.8, 4) is 0 Å². The van der Waals surface area contributed by atoms with E-state index in [4.69, 9.17) is 19.3 Å². The molecular formula is C14H22O8. The molecule has 0 aromatic rings. The second kappa shape index (κ2) is 7.55. The van der Waals surface area contributed by atoms with E-state index in [2.05, 4.69) is 0 Å². The smallest absolute Gasteiger partial charge is 0.335 e. The average Bonchev–Trinajstić information content (AvgIpc) is 2.48. The van der Waals surface area contributed by atoms with Crippen molar-refractivity contribution in [1.82, 2.24) is 0 Å². The number of aliphatic hydroxyl groups is 1. The van der Waals surface area contributed by atoms with Gasteiger partial charge in [0.15, 0.2) is 11.7 Å². The Morgan fingerprint density at radius 3 is 2.18 bits per heavy atom. The summed E-state index contributed by atoms with van der Waals surface area (Å²) in [6.45, 7) is 4.13. The van der Waals surface area contributed by atoms with Gasteiger partial charge in [0.2, 0.25) is 0 Å². The van der Waals surface area contributed by atoms with Gasteiger partial charge in [0.05, 0.1) is 19.1 Å². The molecule has 1 aliphatic rings. The molecule has 22 heavy (non-hydrogen) atoms. The lowest BCUT2D eigenvalue weighted by Gasteiger charge is -2.41. The SMILES string of the molecule is CCC(=O)O[C@@H]1COCC(C(C)(O)C(=O)O)[C@@H]1OC(=O)CC. The predicted molar refractivity (Wildman–Crippen MR) is 72.9 cm³/mol. The van der Waals surface area contributed by atoms with Crippen LogP contribution in [-0.2, 0) is 28.6 Å². The van der Waals surface area contributed by atoms with Crippen molar-refractivity contribution in [3.05, 3.63) is 0 Å². The average molecular weight is 318 g/mol. The summed E-state index contributed by atoms with van der Waals surface area (Å²) in [6.07, 6.45) is -1.84. The van der Waals surface area contributed by atoms with Crippen molar-refractivity contribution in [2.45, 2.75) is 51.4 Å². The maximum absolute atomic E-state index is 11.6. The molecule has 0 aliphatic carbocycles. The van der Waals surface area contributed by atoms with Crippen LogP contribution in [0.25, 0.3) is 0 Å². The summed E-state index contributed by atoms with van der Waals surface area (Å²) in [7, 11) is 0. The van der Waals surface area contributed by atoms with E-state index in [1.807, 2.05) is 0 Å². The van der Waals surface area contributed by atoms with E-state index in [0.29, 0.717) is 0 Å². The lowest BCUT2D eigenvalue weighted by molar-refractivity contribution is -0.216. The highest BCUT2D eigenvalue weighted by molar-refractivity contribution is 5.77. The molecule has 2 unspecified atom stereocenters. The highest BCUT2D eigenvalue weighted by atomic mass is 16.6. The van der Waals surface area contributed by atoms with Gasteiger partial charge >= 0.3 is 17.9 Å². The van der Waals surface area contributed by atoms with Crippen molar-refractivity contribution in [2.75, 3.05) is 13.2 Å². The van der Waals surface area contributed by atoms with Crippen LogP contribution in [0.5, 0.6) is 0 Å². The van der Waals surface area contributed by atoms with Crippen molar-refractivity contribution < 1.29 is 38.8 Å². The quantitative estimate of drug-likeness (QED) is 0.662. The fraction of sp³-hybridized carbons (Fsp3) is 0.786. The van der Waals surface area contributed by atoms with Gasteiger partial charge in [-0.25, -0.2) is 4.79 Å². The number of hydrogen-bond acceptors (Lipinski definition) is 7. The van der Waals surface area contributed by atoms with E-state index < -0.39 is 41.6 Å². The zero-order valence-electron chi connectivity index (χ0n) is 12.9. The van der Waals surface area contributed by atoms with Crippen LogP contribution in [0, 0.1) is 5.92 Å². The second-order valence-electron chi connectivity index (χ2n) is 5.29. The topological polar surface area (TPSA) is 119 Å². The normalized spacial score (nSPS) is 27.5. The van der Waals surface area contributed by atoms with Crippen molar-refractivity contribution in [3.63, 3.8) is 0 Å². The number of aliphatic carboxylic acids is 1. The monoisotopic (exact) mass is 318 g/mol. The Morgan fingerprint density at radius 2 is 1.68 bits per heavy atom. The predicted octanol–water partition coefficient (Wildman–Crippen LogP) is 0.112. The summed E-state index contributed by atoms with van der Waals surface area (Å²) >= 11 is 0. The minimum atomic E-state index is -2.18. The van der Waals surface area contributed by atoms with Crippen LogP contribution in [0.15, 0.2) is 0 Å². The zero-order chi connectivity index (χ0) is 16.9. The van der Waals surface area contributed by atoms with Gasteiger partial charge in [-0.05, 0) is 6.92 Å². The standard InChI is InChI=1S/C14H22O8/c1-4-10(15)21-9-7-20-6-8(14(3,19)13(17)18)12(9)22-11(16)5-2/h8-9,12,19H,4-7H2,1-3H3,(H,17,18)/t8?,9-,12+,14?/m1/s1. The van der Waals surface area contributed by atoms with Crippen LogP contribution >= 0.6 is 0 Å². The lowest BCUT2D eigenvalue weighted by Crippen LogP contribution is -2.59. The Balaban J connectivity index is 3.04. The number of carbonyl (C=O) groups excluding carboxylic acids is 2. The Bertz CT molecular complexity index is 431. The van der Waals surface area contributed by atoms with E-state index in [-0.39, 0.29) is 26.1 Å². The highest BCUT2D eigenvalue weighted by Crippen LogP contribution is 2.31. The van der Waals surface area contributed by atoms with Gasteiger partial charge in [0, 0.05) is 12.8 Å². The number of carboxylic acids is 1. The number of carbonyl (C=O) groups is 3. The minimum Gasteiger partial charge on any atom is -0.479 e. The van der Waals surface area contributed by atoms with Gasteiger partial charge in [0.25, 0.3) is 0 Å². The van der Waals surface area contributed by atoms with Crippen LogP contribution in [0.3, 0.4) is 0 Å². The van der Waals surface area contributed by atoms with E-state index in [0.717, 1.165) is 6.92 Å². The van der Waals surface area contributed by atoms with Crippen LogP contribution in [0.2, 0.25) is 0 Å². The first-order valence-corrected chi connectivity index (χ1v) is 7.16. The molecule has 1 heterocycles. The van der Waals surface area contributed by atoms with Gasteiger partial charge in [-0.3, -0.25) is 9.59 Å². The van der Waals surface area contributed by atoms with Gasteiger partial charge in [0.1, 0.15) is 6.10 Å². The van der Waals surface area contributed by atoms with Crippen molar-refractivity contribution in [1.29, 1.82) is 0 Å². The molecule has 0 amide bonds. The van der Waals surface area contributed by atoms with Gasteiger partial charge in [-0.15, -0.1) is 0 Å². The van der Waals surface area contributed by atoms with Crippen LogP contribution < -0.4 is 0 Å². The fourth-order valence-electron chi connectivity index (χ4n) is 2.15. The number of ether oxygens (including phenoxy) is 3.